The third-order valence-electron chi connectivity index (χ3n) is 4.28. The predicted molar refractivity (Wildman–Crippen MR) is 82.7 cm³/mol. The maximum absolute atomic E-state index is 13.5. The van der Waals surface area contributed by atoms with Crippen LogP contribution in [0.5, 0.6) is 0 Å². The minimum Gasteiger partial charge on any atom is -0.309 e. The van der Waals surface area contributed by atoms with Gasteiger partial charge in [-0.15, -0.1) is 0 Å². The highest BCUT2D eigenvalue weighted by Gasteiger charge is 2.30. The van der Waals surface area contributed by atoms with Gasteiger partial charge in [0.2, 0.25) is 0 Å². The number of fused-ring (bicyclic) bond motifs is 1. The van der Waals surface area contributed by atoms with Gasteiger partial charge in [-0.1, -0.05) is 31.2 Å². The molecular weight excluding hydrogens is 263 g/mol. The van der Waals surface area contributed by atoms with Crippen molar-refractivity contribution in [3.05, 3.63) is 65.2 Å². The van der Waals surface area contributed by atoms with Gasteiger partial charge in [0.1, 0.15) is 5.82 Å². The minimum atomic E-state index is -0.262. The molecule has 3 rings (SSSR count). The molecule has 0 saturated heterocycles. The summed E-state index contributed by atoms with van der Waals surface area (Å²) >= 11 is 0. The fourth-order valence-electron chi connectivity index (χ4n) is 3.33. The monoisotopic (exact) mass is 284 g/mol. The van der Waals surface area contributed by atoms with Crippen LogP contribution in [0.2, 0.25) is 0 Å². The maximum Gasteiger partial charge on any atom is 0.141 e. The summed E-state index contributed by atoms with van der Waals surface area (Å²) in [5, 5.41) is 3.59. The minimum absolute atomic E-state index is 0.136. The van der Waals surface area contributed by atoms with E-state index in [2.05, 4.69) is 41.5 Å². The Labute approximate surface area is 125 Å². The average Bonchev–Trinajstić information content (AvgIpc) is 2.92. The van der Waals surface area contributed by atoms with E-state index in [1.807, 2.05) is 0 Å². The number of nitrogens with zero attached hydrogens (tertiary/aromatic N) is 1. The van der Waals surface area contributed by atoms with Crippen LogP contribution in [-0.2, 0) is 6.42 Å². The summed E-state index contributed by atoms with van der Waals surface area (Å²) in [5.74, 6) is 0.137. The number of pyridine rings is 1. The molecule has 1 heterocycles. The Balaban J connectivity index is 1.93. The average molecular weight is 284 g/mol. The second kappa shape index (κ2) is 6.35. The number of benzene rings is 1. The standard InChI is InChI=1S/C18H21FN2/c1-2-9-21-18(14-10-15(19)12-20-11-14)17-8-7-13-5-3-4-6-16(13)17/h3-6,10-12,17-18,21H,2,7-9H2,1H3. The van der Waals surface area contributed by atoms with E-state index in [0.29, 0.717) is 5.92 Å². The van der Waals surface area contributed by atoms with Gasteiger partial charge in [-0.25, -0.2) is 4.39 Å². The van der Waals surface area contributed by atoms with E-state index in [1.165, 1.54) is 17.3 Å². The van der Waals surface area contributed by atoms with Crippen molar-refractivity contribution in [2.75, 3.05) is 6.54 Å². The largest absolute Gasteiger partial charge is 0.309 e. The summed E-state index contributed by atoms with van der Waals surface area (Å²) in [6.07, 6.45) is 6.33. The third-order valence-corrected chi connectivity index (χ3v) is 4.28. The second-order valence-electron chi connectivity index (χ2n) is 5.71. The van der Waals surface area contributed by atoms with Crippen LogP contribution in [0.25, 0.3) is 0 Å². The van der Waals surface area contributed by atoms with E-state index in [0.717, 1.165) is 31.4 Å². The summed E-state index contributed by atoms with van der Waals surface area (Å²) in [5.41, 5.74) is 3.77. The van der Waals surface area contributed by atoms with Crippen molar-refractivity contribution in [1.82, 2.24) is 10.3 Å². The molecule has 2 aromatic rings. The fourth-order valence-corrected chi connectivity index (χ4v) is 3.33. The summed E-state index contributed by atoms with van der Waals surface area (Å²) in [6, 6.07) is 10.4. The van der Waals surface area contributed by atoms with E-state index in [4.69, 9.17) is 0 Å². The lowest BCUT2D eigenvalue weighted by molar-refractivity contribution is 0.439. The van der Waals surface area contributed by atoms with Crippen molar-refractivity contribution in [1.29, 1.82) is 0 Å². The lowest BCUT2D eigenvalue weighted by Crippen LogP contribution is -2.27. The van der Waals surface area contributed by atoms with Crippen LogP contribution >= 0.6 is 0 Å². The van der Waals surface area contributed by atoms with Gasteiger partial charge in [0.25, 0.3) is 0 Å². The molecule has 1 aromatic carbocycles. The van der Waals surface area contributed by atoms with E-state index >= 15 is 0 Å². The van der Waals surface area contributed by atoms with Crippen LogP contribution in [0.15, 0.2) is 42.7 Å². The Morgan fingerprint density at radius 2 is 2.19 bits per heavy atom. The first-order valence-electron chi connectivity index (χ1n) is 7.71. The van der Waals surface area contributed by atoms with Gasteiger partial charge in [0.05, 0.1) is 6.20 Å². The highest BCUT2D eigenvalue weighted by atomic mass is 19.1. The number of hydrogen-bond acceptors (Lipinski definition) is 2. The Morgan fingerprint density at radius 3 is 3.00 bits per heavy atom. The molecule has 21 heavy (non-hydrogen) atoms. The smallest absolute Gasteiger partial charge is 0.141 e. The van der Waals surface area contributed by atoms with Gasteiger partial charge in [-0.05, 0) is 48.6 Å². The molecule has 1 aliphatic rings. The van der Waals surface area contributed by atoms with Crippen molar-refractivity contribution in [2.24, 2.45) is 0 Å². The SMILES string of the molecule is CCCNC(c1cncc(F)c1)C1CCc2ccccc21. The van der Waals surface area contributed by atoms with Crippen LogP contribution < -0.4 is 5.32 Å². The molecule has 1 aliphatic carbocycles. The highest BCUT2D eigenvalue weighted by molar-refractivity contribution is 5.38. The molecule has 110 valence electrons. The van der Waals surface area contributed by atoms with E-state index in [-0.39, 0.29) is 11.9 Å². The van der Waals surface area contributed by atoms with Crippen LogP contribution in [0, 0.1) is 5.82 Å². The Kier molecular flexibility index (Phi) is 4.30. The van der Waals surface area contributed by atoms with E-state index < -0.39 is 0 Å². The first kappa shape index (κ1) is 14.2. The Hall–Kier alpha value is -1.74. The topological polar surface area (TPSA) is 24.9 Å². The zero-order chi connectivity index (χ0) is 14.7. The molecule has 0 spiro atoms. The quantitative estimate of drug-likeness (QED) is 0.898. The van der Waals surface area contributed by atoms with Crippen LogP contribution in [0.4, 0.5) is 4.39 Å². The molecule has 0 bridgehead atoms. The summed E-state index contributed by atoms with van der Waals surface area (Å²) in [7, 11) is 0. The molecule has 0 radical (unpaired) electrons. The molecule has 2 nitrogen and oxygen atoms in total. The molecule has 0 saturated carbocycles. The molecule has 3 heteroatoms. The number of hydrogen-bond donors (Lipinski definition) is 1. The van der Waals surface area contributed by atoms with Crippen molar-refractivity contribution < 1.29 is 4.39 Å². The Bertz CT molecular complexity index is 612. The van der Waals surface area contributed by atoms with Crippen LogP contribution in [-0.4, -0.2) is 11.5 Å². The van der Waals surface area contributed by atoms with Crippen molar-refractivity contribution in [3.8, 4) is 0 Å². The number of aryl methyl sites for hydroxylation is 1. The number of nitrogens with one attached hydrogen (secondary N) is 1. The molecule has 2 atom stereocenters. The van der Waals surface area contributed by atoms with Crippen molar-refractivity contribution in [3.63, 3.8) is 0 Å². The number of halogens is 1. The normalized spacial score (nSPS) is 18.5. The van der Waals surface area contributed by atoms with Gasteiger partial charge < -0.3 is 5.32 Å². The van der Waals surface area contributed by atoms with Gasteiger partial charge in [-0.2, -0.15) is 0 Å². The lowest BCUT2D eigenvalue weighted by atomic mass is 9.89. The lowest BCUT2D eigenvalue weighted by Gasteiger charge is -2.26. The second-order valence-corrected chi connectivity index (χ2v) is 5.71. The first-order valence-corrected chi connectivity index (χ1v) is 7.71. The number of aromatic nitrogens is 1. The zero-order valence-electron chi connectivity index (χ0n) is 12.3. The van der Waals surface area contributed by atoms with Crippen molar-refractivity contribution >= 4 is 0 Å². The molecule has 0 amide bonds. The molecule has 0 aliphatic heterocycles. The first-order chi connectivity index (χ1) is 10.3. The van der Waals surface area contributed by atoms with Crippen LogP contribution in [0.3, 0.4) is 0 Å². The van der Waals surface area contributed by atoms with Crippen LogP contribution in [0.1, 0.15) is 48.4 Å². The maximum atomic E-state index is 13.5. The molecule has 0 fully saturated rings. The van der Waals surface area contributed by atoms with E-state index in [1.54, 1.807) is 12.3 Å². The molecule has 1 aromatic heterocycles. The molecule has 1 N–H and O–H groups in total. The Morgan fingerprint density at radius 1 is 1.33 bits per heavy atom. The third kappa shape index (κ3) is 2.98. The molecular formula is C18H21FN2. The number of rotatable bonds is 5. The predicted octanol–water partition coefficient (Wildman–Crippen LogP) is 3.99. The van der Waals surface area contributed by atoms with Crippen molar-refractivity contribution in [2.45, 2.75) is 38.1 Å². The molecule has 2 unspecified atom stereocenters. The van der Waals surface area contributed by atoms with Gasteiger partial charge in [0.15, 0.2) is 0 Å². The highest BCUT2D eigenvalue weighted by Crippen LogP contribution is 2.41. The summed E-state index contributed by atoms with van der Waals surface area (Å²) < 4.78 is 13.5. The zero-order valence-corrected chi connectivity index (χ0v) is 12.3. The van der Waals surface area contributed by atoms with Gasteiger partial charge in [0, 0.05) is 18.2 Å². The summed E-state index contributed by atoms with van der Waals surface area (Å²) in [4.78, 5) is 4.03. The summed E-state index contributed by atoms with van der Waals surface area (Å²) in [6.45, 7) is 3.08. The van der Waals surface area contributed by atoms with Gasteiger partial charge >= 0.3 is 0 Å². The van der Waals surface area contributed by atoms with E-state index in [9.17, 15) is 4.39 Å². The fraction of sp³-hybridized carbons (Fsp3) is 0.389. The van der Waals surface area contributed by atoms with Gasteiger partial charge in [-0.3, -0.25) is 4.98 Å².